The Balaban J connectivity index is 2.28. The third kappa shape index (κ3) is 4.28. The quantitative estimate of drug-likeness (QED) is 0.756. The number of carbonyl (C=O) groups excluding carboxylic acids is 1. The molecule has 1 rings (SSSR count). The smallest absolute Gasteiger partial charge is 0.223 e. The van der Waals surface area contributed by atoms with Gasteiger partial charge >= 0.3 is 0 Å². The van der Waals surface area contributed by atoms with Gasteiger partial charge in [0.1, 0.15) is 0 Å². The minimum absolute atomic E-state index is 0.237. The highest BCUT2D eigenvalue weighted by Crippen LogP contribution is 2.27. The van der Waals surface area contributed by atoms with Crippen LogP contribution in [0.3, 0.4) is 0 Å². The van der Waals surface area contributed by atoms with Crippen LogP contribution in [0.25, 0.3) is 0 Å². The molecule has 1 aliphatic rings. The fourth-order valence-electron chi connectivity index (χ4n) is 2.45. The van der Waals surface area contributed by atoms with Gasteiger partial charge in [-0.25, -0.2) is 0 Å². The summed E-state index contributed by atoms with van der Waals surface area (Å²) in [5.41, 5.74) is 5.71. The van der Waals surface area contributed by atoms with Gasteiger partial charge in [0, 0.05) is 32.1 Å². The molecular formula is C13H27N3O. The van der Waals surface area contributed by atoms with Crippen molar-refractivity contribution < 1.29 is 4.79 Å². The third-order valence-electron chi connectivity index (χ3n) is 3.79. The summed E-state index contributed by atoms with van der Waals surface area (Å²) >= 11 is 0. The summed E-state index contributed by atoms with van der Waals surface area (Å²) in [4.78, 5) is 16.1. The number of likely N-dealkylation sites (tertiary alicyclic amines) is 1. The van der Waals surface area contributed by atoms with Crippen molar-refractivity contribution >= 4 is 5.91 Å². The van der Waals surface area contributed by atoms with E-state index in [4.69, 9.17) is 5.73 Å². The molecule has 1 aliphatic heterocycles. The average Bonchev–Trinajstić information content (AvgIpc) is 2.62. The zero-order valence-corrected chi connectivity index (χ0v) is 11.5. The van der Waals surface area contributed by atoms with Gasteiger partial charge in [-0.15, -0.1) is 0 Å². The van der Waals surface area contributed by atoms with E-state index in [9.17, 15) is 4.79 Å². The lowest BCUT2D eigenvalue weighted by atomic mass is 10.0. The van der Waals surface area contributed by atoms with Gasteiger partial charge in [0.05, 0.1) is 0 Å². The van der Waals surface area contributed by atoms with Crippen molar-refractivity contribution in [1.29, 1.82) is 0 Å². The molecule has 0 bridgehead atoms. The second-order valence-corrected chi connectivity index (χ2v) is 5.61. The minimum Gasteiger partial charge on any atom is -0.346 e. The molecule has 1 saturated heterocycles. The van der Waals surface area contributed by atoms with Crippen molar-refractivity contribution in [2.75, 3.05) is 33.2 Å². The Morgan fingerprint density at radius 3 is 2.71 bits per heavy atom. The molecule has 0 aromatic carbocycles. The monoisotopic (exact) mass is 241 g/mol. The molecule has 4 nitrogen and oxygen atoms in total. The zero-order chi connectivity index (χ0) is 12.9. The Labute approximate surface area is 105 Å². The van der Waals surface area contributed by atoms with E-state index in [1.54, 1.807) is 4.90 Å². The van der Waals surface area contributed by atoms with Crippen LogP contribution in [-0.4, -0.2) is 54.5 Å². The van der Waals surface area contributed by atoms with E-state index in [0.717, 1.165) is 26.1 Å². The maximum Gasteiger partial charge on any atom is 0.223 e. The Hall–Kier alpha value is -0.610. The summed E-state index contributed by atoms with van der Waals surface area (Å²) in [6.45, 7) is 7.98. The van der Waals surface area contributed by atoms with Crippen molar-refractivity contribution in [1.82, 2.24) is 9.80 Å². The van der Waals surface area contributed by atoms with Crippen LogP contribution in [0.2, 0.25) is 0 Å². The molecule has 0 aromatic heterocycles. The molecule has 0 saturated carbocycles. The van der Waals surface area contributed by atoms with E-state index in [2.05, 4.69) is 18.7 Å². The standard InChI is InChI=1S/C13H27N3O/c1-13(2)7-4-10-16(13)11-6-12(17)15(3)9-5-8-14/h4-11,14H2,1-3H3. The normalized spacial score (nSPS) is 19.5. The van der Waals surface area contributed by atoms with Crippen LogP contribution in [0, 0.1) is 0 Å². The molecule has 1 heterocycles. The first-order chi connectivity index (χ1) is 7.97. The molecular weight excluding hydrogens is 214 g/mol. The fourth-order valence-corrected chi connectivity index (χ4v) is 2.45. The molecule has 0 radical (unpaired) electrons. The zero-order valence-electron chi connectivity index (χ0n) is 11.5. The SMILES string of the molecule is CN(CCCN)C(=O)CCN1CCCC1(C)C. The first kappa shape index (κ1) is 14.5. The second-order valence-electron chi connectivity index (χ2n) is 5.61. The molecule has 4 heteroatoms. The molecule has 17 heavy (non-hydrogen) atoms. The highest BCUT2D eigenvalue weighted by Gasteiger charge is 2.31. The van der Waals surface area contributed by atoms with Gasteiger partial charge in [-0.3, -0.25) is 9.69 Å². The second kappa shape index (κ2) is 6.36. The number of nitrogens with two attached hydrogens (primary N) is 1. The van der Waals surface area contributed by atoms with Gasteiger partial charge in [-0.1, -0.05) is 0 Å². The van der Waals surface area contributed by atoms with Crippen molar-refractivity contribution in [3.05, 3.63) is 0 Å². The van der Waals surface area contributed by atoms with Gasteiger partial charge in [0.25, 0.3) is 0 Å². The van der Waals surface area contributed by atoms with Gasteiger partial charge in [-0.05, 0) is 46.2 Å². The molecule has 0 aromatic rings. The predicted molar refractivity (Wildman–Crippen MR) is 70.8 cm³/mol. The number of hydrogen-bond donors (Lipinski definition) is 1. The van der Waals surface area contributed by atoms with Crippen LogP contribution in [0.1, 0.15) is 39.5 Å². The van der Waals surface area contributed by atoms with Crippen LogP contribution < -0.4 is 5.73 Å². The van der Waals surface area contributed by atoms with E-state index in [0.29, 0.717) is 13.0 Å². The van der Waals surface area contributed by atoms with Crippen LogP contribution in [0.15, 0.2) is 0 Å². The van der Waals surface area contributed by atoms with Crippen LogP contribution >= 0.6 is 0 Å². The number of amides is 1. The molecule has 0 spiro atoms. The topological polar surface area (TPSA) is 49.6 Å². The molecule has 100 valence electrons. The summed E-state index contributed by atoms with van der Waals surface area (Å²) in [5, 5.41) is 0. The number of hydrogen-bond acceptors (Lipinski definition) is 3. The lowest BCUT2D eigenvalue weighted by molar-refractivity contribution is -0.130. The van der Waals surface area contributed by atoms with Gasteiger partial charge < -0.3 is 10.6 Å². The van der Waals surface area contributed by atoms with Crippen LogP contribution in [-0.2, 0) is 4.79 Å². The molecule has 0 unspecified atom stereocenters. The Bertz CT molecular complexity index is 253. The molecule has 1 amide bonds. The largest absolute Gasteiger partial charge is 0.346 e. The first-order valence-corrected chi connectivity index (χ1v) is 6.66. The first-order valence-electron chi connectivity index (χ1n) is 6.66. The summed E-state index contributed by atoms with van der Waals surface area (Å²) in [7, 11) is 1.87. The maximum absolute atomic E-state index is 11.9. The van der Waals surface area contributed by atoms with Gasteiger partial charge in [0.15, 0.2) is 0 Å². The van der Waals surface area contributed by atoms with Crippen molar-refractivity contribution in [3.63, 3.8) is 0 Å². The summed E-state index contributed by atoms with van der Waals surface area (Å²) < 4.78 is 0. The highest BCUT2D eigenvalue weighted by molar-refractivity contribution is 5.76. The van der Waals surface area contributed by atoms with Gasteiger partial charge in [0.2, 0.25) is 5.91 Å². The average molecular weight is 241 g/mol. The van der Waals surface area contributed by atoms with E-state index in [-0.39, 0.29) is 11.4 Å². The number of rotatable bonds is 6. The fraction of sp³-hybridized carbons (Fsp3) is 0.923. The Kier molecular flexibility index (Phi) is 5.40. The van der Waals surface area contributed by atoms with E-state index >= 15 is 0 Å². The summed E-state index contributed by atoms with van der Waals surface area (Å²) in [5.74, 6) is 0.237. The van der Waals surface area contributed by atoms with E-state index in [1.165, 1.54) is 12.8 Å². The molecule has 1 fully saturated rings. The van der Waals surface area contributed by atoms with Crippen LogP contribution in [0.4, 0.5) is 0 Å². The van der Waals surface area contributed by atoms with Crippen molar-refractivity contribution in [2.45, 2.75) is 45.1 Å². The number of nitrogens with zero attached hydrogens (tertiary/aromatic N) is 2. The third-order valence-corrected chi connectivity index (χ3v) is 3.79. The minimum atomic E-state index is 0.237. The van der Waals surface area contributed by atoms with Gasteiger partial charge in [-0.2, -0.15) is 0 Å². The lowest BCUT2D eigenvalue weighted by Crippen LogP contribution is -2.40. The molecule has 2 N–H and O–H groups in total. The number of carbonyl (C=O) groups is 1. The Morgan fingerprint density at radius 1 is 1.47 bits per heavy atom. The maximum atomic E-state index is 11.9. The molecule has 0 atom stereocenters. The van der Waals surface area contributed by atoms with Crippen molar-refractivity contribution in [3.8, 4) is 0 Å². The summed E-state index contributed by atoms with van der Waals surface area (Å²) in [6, 6.07) is 0. The van der Waals surface area contributed by atoms with Crippen molar-refractivity contribution in [2.24, 2.45) is 5.73 Å². The van der Waals surface area contributed by atoms with Crippen LogP contribution in [0.5, 0.6) is 0 Å². The Morgan fingerprint density at radius 2 is 2.18 bits per heavy atom. The summed E-state index contributed by atoms with van der Waals surface area (Å²) in [6.07, 6.45) is 4.01. The highest BCUT2D eigenvalue weighted by atomic mass is 16.2. The molecule has 0 aliphatic carbocycles. The van der Waals surface area contributed by atoms with E-state index in [1.807, 2.05) is 7.05 Å². The van der Waals surface area contributed by atoms with E-state index < -0.39 is 0 Å². The predicted octanol–water partition coefficient (Wildman–Crippen LogP) is 1.06. The lowest BCUT2D eigenvalue weighted by Gasteiger charge is -2.31.